The molecule has 1 aliphatic rings. The van der Waals surface area contributed by atoms with E-state index in [0.717, 1.165) is 28.8 Å². The number of anilines is 2. The van der Waals surface area contributed by atoms with Crippen LogP contribution in [0.25, 0.3) is 10.8 Å². The molecule has 0 fully saturated rings. The van der Waals surface area contributed by atoms with E-state index in [4.69, 9.17) is 11.6 Å². The first-order chi connectivity index (χ1) is 14.3. The number of nitrogens with zero attached hydrogens (tertiary/aromatic N) is 1. The predicted octanol–water partition coefficient (Wildman–Crippen LogP) is 4.78. The molecule has 0 aliphatic heterocycles. The van der Waals surface area contributed by atoms with Crippen LogP contribution in [0.2, 0.25) is 5.02 Å². The minimum absolute atomic E-state index is 0.312. The highest BCUT2D eigenvalue weighted by atomic mass is 35.5. The lowest BCUT2D eigenvalue weighted by Crippen LogP contribution is -2.47. The van der Waals surface area contributed by atoms with Crippen LogP contribution in [0, 0.1) is 0 Å². The van der Waals surface area contributed by atoms with Gasteiger partial charge in [0.05, 0.1) is 11.9 Å². The zero-order chi connectivity index (χ0) is 21.5. The third-order valence-corrected chi connectivity index (χ3v) is 6.94. The topological polar surface area (TPSA) is 66.5 Å². The molecule has 1 aliphatic carbocycles. The van der Waals surface area contributed by atoms with E-state index in [1.54, 1.807) is 31.2 Å². The van der Waals surface area contributed by atoms with Gasteiger partial charge >= 0.3 is 0 Å². The van der Waals surface area contributed by atoms with Gasteiger partial charge in [-0.2, -0.15) is 0 Å². The largest absolute Gasteiger partial charge is 0.324 e. The van der Waals surface area contributed by atoms with E-state index in [9.17, 15) is 13.2 Å². The predicted molar refractivity (Wildman–Crippen MR) is 123 cm³/mol. The number of sulfonamides is 1. The first-order valence-corrected chi connectivity index (χ1v) is 12.1. The summed E-state index contributed by atoms with van der Waals surface area (Å²) in [6, 6.07) is 15.7. The average molecular weight is 443 g/mol. The van der Waals surface area contributed by atoms with Crippen LogP contribution < -0.4 is 9.62 Å². The highest BCUT2D eigenvalue weighted by Crippen LogP contribution is 2.35. The minimum atomic E-state index is -3.72. The van der Waals surface area contributed by atoms with Gasteiger partial charge in [-0.15, -0.1) is 0 Å². The van der Waals surface area contributed by atoms with Crippen molar-refractivity contribution in [2.45, 2.75) is 32.2 Å². The number of nitrogens with one attached hydrogen (secondary N) is 1. The van der Waals surface area contributed by atoms with Gasteiger partial charge in [-0.3, -0.25) is 9.10 Å². The molecule has 0 bridgehead atoms. The number of rotatable bonds is 6. The van der Waals surface area contributed by atoms with Gasteiger partial charge < -0.3 is 5.32 Å². The Balaban J connectivity index is 1.72. The Labute approximate surface area is 181 Å². The Bertz CT molecular complexity index is 1230. The fourth-order valence-electron chi connectivity index (χ4n) is 4.25. The number of carbonyl (C=O) groups is 1. The molecule has 156 valence electrons. The summed E-state index contributed by atoms with van der Waals surface area (Å²) in [5, 5.41) is 5.56. The number of benzene rings is 3. The molecule has 1 atom stereocenters. The van der Waals surface area contributed by atoms with E-state index >= 15 is 0 Å². The number of hydrogen-bond donors (Lipinski definition) is 1. The van der Waals surface area contributed by atoms with E-state index in [1.807, 2.05) is 24.3 Å². The fourth-order valence-corrected chi connectivity index (χ4v) is 5.63. The monoisotopic (exact) mass is 442 g/mol. The van der Waals surface area contributed by atoms with Crippen LogP contribution in [-0.2, 0) is 27.7 Å². The number of amides is 1. The molecule has 0 unspecified atom stereocenters. The van der Waals surface area contributed by atoms with Crippen LogP contribution in [0.5, 0.6) is 0 Å². The number of carbonyl (C=O) groups excluding carboxylic acids is 1. The smallest absolute Gasteiger partial charge is 0.248 e. The molecule has 4 rings (SSSR count). The van der Waals surface area contributed by atoms with Crippen LogP contribution in [0.15, 0.2) is 54.6 Å². The standard InChI is InChI=1S/C23H23ClN2O3S/c1-3-21(26(30(2,28)29)18-8-5-7-17(24)14-18)23(27)25-20-13-12-16-11-10-15-6-4-9-19(20)22(15)16/h4-9,12-14,21H,3,10-11H2,1-2H3,(H,25,27)/t21-/m0/s1. The van der Waals surface area contributed by atoms with Crippen molar-refractivity contribution in [2.75, 3.05) is 15.9 Å². The summed E-state index contributed by atoms with van der Waals surface area (Å²) in [6.45, 7) is 1.79. The molecule has 3 aromatic rings. The van der Waals surface area contributed by atoms with Crippen molar-refractivity contribution in [3.63, 3.8) is 0 Å². The Morgan fingerprint density at radius 3 is 2.47 bits per heavy atom. The van der Waals surface area contributed by atoms with Crippen molar-refractivity contribution in [2.24, 2.45) is 0 Å². The van der Waals surface area contributed by atoms with Crippen molar-refractivity contribution in [1.82, 2.24) is 0 Å². The first-order valence-electron chi connectivity index (χ1n) is 9.89. The van der Waals surface area contributed by atoms with Crippen LogP contribution in [-0.4, -0.2) is 26.6 Å². The van der Waals surface area contributed by atoms with Crippen molar-refractivity contribution in [3.05, 3.63) is 70.7 Å². The van der Waals surface area contributed by atoms with Gasteiger partial charge in [0.1, 0.15) is 6.04 Å². The minimum Gasteiger partial charge on any atom is -0.324 e. The maximum Gasteiger partial charge on any atom is 0.248 e. The number of aryl methyl sites for hydroxylation is 2. The first kappa shape index (κ1) is 20.7. The summed E-state index contributed by atoms with van der Waals surface area (Å²) >= 11 is 6.08. The maximum absolute atomic E-state index is 13.3. The van der Waals surface area contributed by atoms with Gasteiger partial charge in [0, 0.05) is 16.1 Å². The Morgan fingerprint density at radius 2 is 1.80 bits per heavy atom. The molecule has 0 saturated carbocycles. The number of halogens is 1. The molecular formula is C23H23ClN2O3S. The summed E-state index contributed by atoms with van der Waals surface area (Å²) in [4.78, 5) is 13.3. The van der Waals surface area contributed by atoms with E-state index < -0.39 is 16.1 Å². The normalized spacial score (nSPS) is 14.0. The van der Waals surface area contributed by atoms with Crippen molar-refractivity contribution >= 4 is 49.7 Å². The summed E-state index contributed by atoms with van der Waals surface area (Å²) in [5.41, 5.74) is 3.62. The zero-order valence-electron chi connectivity index (χ0n) is 16.9. The molecule has 1 amide bonds. The maximum atomic E-state index is 13.3. The molecule has 0 aromatic heterocycles. The SMILES string of the molecule is CC[C@@H](C(=O)Nc1ccc2c3c(cccc13)CC2)N(c1cccc(Cl)c1)S(C)(=O)=O. The summed E-state index contributed by atoms with van der Waals surface area (Å²) in [6.07, 6.45) is 3.41. The highest BCUT2D eigenvalue weighted by molar-refractivity contribution is 7.92. The Morgan fingerprint density at radius 1 is 1.10 bits per heavy atom. The van der Waals surface area contributed by atoms with Crippen LogP contribution >= 0.6 is 11.6 Å². The van der Waals surface area contributed by atoms with Crippen LogP contribution in [0.1, 0.15) is 24.5 Å². The fraction of sp³-hybridized carbons (Fsp3) is 0.261. The molecule has 1 N–H and O–H groups in total. The van der Waals surface area contributed by atoms with Gasteiger partial charge in [-0.25, -0.2) is 8.42 Å². The summed E-state index contributed by atoms with van der Waals surface area (Å²) in [7, 11) is -3.72. The zero-order valence-corrected chi connectivity index (χ0v) is 18.4. The summed E-state index contributed by atoms with van der Waals surface area (Å²) in [5.74, 6) is -0.374. The lowest BCUT2D eigenvalue weighted by atomic mass is 10.0. The lowest BCUT2D eigenvalue weighted by Gasteiger charge is -2.30. The molecule has 3 aromatic carbocycles. The lowest BCUT2D eigenvalue weighted by molar-refractivity contribution is -0.117. The van der Waals surface area contributed by atoms with E-state index in [0.29, 0.717) is 22.8 Å². The van der Waals surface area contributed by atoms with Gasteiger partial charge in [0.2, 0.25) is 15.9 Å². The van der Waals surface area contributed by atoms with E-state index in [1.165, 1.54) is 16.5 Å². The van der Waals surface area contributed by atoms with Crippen molar-refractivity contribution < 1.29 is 13.2 Å². The van der Waals surface area contributed by atoms with Gasteiger partial charge in [-0.05, 0) is 60.0 Å². The second kappa shape index (κ2) is 7.93. The van der Waals surface area contributed by atoms with Crippen LogP contribution in [0.4, 0.5) is 11.4 Å². The van der Waals surface area contributed by atoms with Crippen molar-refractivity contribution in [1.29, 1.82) is 0 Å². The molecule has 0 saturated heterocycles. The van der Waals surface area contributed by atoms with Gasteiger partial charge in [0.15, 0.2) is 0 Å². The third kappa shape index (κ3) is 3.77. The molecule has 7 heteroatoms. The third-order valence-electron chi connectivity index (χ3n) is 5.53. The Hall–Kier alpha value is -2.57. The average Bonchev–Trinajstić information content (AvgIpc) is 3.11. The molecule has 30 heavy (non-hydrogen) atoms. The van der Waals surface area contributed by atoms with E-state index in [-0.39, 0.29) is 5.91 Å². The molecule has 0 spiro atoms. The Kier molecular flexibility index (Phi) is 5.47. The second-order valence-corrected chi connectivity index (χ2v) is 9.86. The van der Waals surface area contributed by atoms with Gasteiger partial charge in [0.25, 0.3) is 0 Å². The summed E-state index contributed by atoms with van der Waals surface area (Å²) < 4.78 is 26.4. The molecule has 5 nitrogen and oxygen atoms in total. The highest BCUT2D eigenvalue weighted by Gasteiger charge is 2.32. The second-order valence-electron chi connectivity index (χ2n) is 7.56. The quantitative estimate of drug-likeness (QED) is 0.597. The van der Waals surface area contributed by atoms with Crippen molar-refractivity contribution in [3.8, 4) is 0 Å². The van der Waals surface area contributed by atoms with E-state index in [2.05, 4.69) is 11.4 Å². The molecular weight excluding hydrogens is 420 g/mol. The number of hydrogen-bond acceptors (Lipinski definition) is 3. The molecule has 0 radical (unpaired) electrons. The van der Waals surface area contributed by atoms with Crippen LogP contribution in [0.3, 0.4) is 0 Å². The van der Waals surface area contributed by atoms with Gasteiger partial charge in [-0.1, -0.05) is 48.9 Å². The molecule has 0 heterocycles.